The monoisotopic (exact) mass is 1170 g/mol. The van der Waals surface area contributed by atoms with Gasteiger partial charge in [-0.1, -0.05) is 62.8 Å². The van der Waals surface area contributed by atoms with Gasteiger partial charge in [-0.2, -0.15) is 0 Å². The molecule has 84 heavy (non-hydrogen) atoms. The number of nitrogens with one attached hydrogen (secondary N) is 1. The summed E-state index contributed by atoms with van der Waals surface area (Å²) in [6.45, 7) is 22.8. The van der Waals surface area contributed by atoms with Crippen molar-refractivity contribution >= 4 is 42.3 Å². The molecule has 5 heterocycles. The molecule has 0 radical (unpaired) electrons. The number of morpholine rings is 1. The Balaban J connectivity index is 0.000000255. The Morgan fingerprint density at radius 2 is 1.18 bits per heavy atom. The molecule has 1 N–H and O–H groups in total. The predicted molar refractivity (Wildman–Crippen MR) is 301 cm³/mol. The lowest BCUT2D eigenvalue weighted by Gasteiger charge is -2.47. The zero-order valence-electron chi connectivity index (χ0n) is 48.5. The first-order valence-corrected chi connectivity index (χ1v) is 26.9. The molecule has 0 spiro atoms. The Bertz CT molecular complexity index is 3030. The zero-order chi connectivity index (χ0) is 60.8. The van der Waals surface area contributed by atoms with Crippen molar-refractivity contribution in [3.63, 3.8) is 0 Å². The van der Waals surface area contributed by atoms with E-state index in [0.29, 0.717) is 75.3 Å². The molecule has 0 unspecified atom stereocenters. The minimum absolute atomic E-state index is 0.0187. The molecule has 3 aromatic carbocycles. The number of carbonyl (C=O) groups is 6. The van der Waals surface area contributed by atoms with E-state index in [-0.39, 0.29) is 66.4 Å². The molecule has 0 bridgehead atoms. The Kier molecular flexibility index (Phi) is 21.7. The van der Waals surface area contributed by atoms with Crippen molar-refractivity contribution in [2.45, 2.75) is 89.8 Å². The molecule has 0 aliphatic carbocycles. The first-order chi connectivity index (χ1) is 40.5. The molecule has 24 heteroatoms. The van der Waals surface area contributed by atoms with Crippen LogP contribution in [-0.4, -0.2) is 164 Å². The fraction of sp³-hybridized carbons (Fsp3) is 0.450. The van der Waals surface area contributed by atoms with Crippen molar-refractivity contribution in [2.24, 2.45) is 4.99 Å². The number of benzene rings is 3. The fourth-order valence-electron chi connectivity index (χ4n) is 10.9. The third-order valence-electron chi connectivity index (χ3n) is 14.2. The largest absolute Gasteiger partial charge is 0.493 e. The first-order valence-electron chi connectivity index (χ1n) is 26.9. The molecule has 7 atom stereocenters. The predicted octanol–water partition coefficient (Wildman–Crippen LogP) is 6.72. The number of cyclic esters (lactones) is 2. The van der Waals surface area contributed by atoms with Gasteiger partial charge in [0.05, 0.1) is 44.4 Å². The van der Waals surface area contributed by atoms with E-state index < -0.39 is 78.4 Å². The van der Waals surface area contributed by atoms with Crippen LogP contribution in [0.1, 0.15) is 76.5 Å². The number of nitrogens with zero attached hydrogens (tertiary/aromatic N) is 3. The molecule has 1 saturated heterocycles. The minimum atomic E-state index is -1.08. The van der Waals surface area contributed by atoms with Gasteiger partial charge in [-0.15, -0.1) is 0 Å². The highest BCUT2D eigenvalue weighted by molar-refractivity contribution is 6.23. The van der Waals surface area contributed by atoms with Crippen LogP contribution in [0.2, 0.25) is 0 Å². The van der Waals surface area contributed by atoms with Crippen LogP contribution < -0.4 is 38.5 Å². The molecule has 24 nitrogen and oxygen atoms in total. The van der Waals surface area contributed by atoms with E-state index in [1.165, 1.54) is 57.1 Å². The maximum absolute atomic E-state index is 14.0. The van der Waals surface area contributed by atoms with Crippen LogP contribution in [0, 0.1) is 20.8 Å². The summed E-state index contributed by atoms with van der Waals surface area (Å²) >= 11 is 0. The lowest BCUT2D eigenvalue weighted by Crippen LogP contribution is -2.59. The first kappa shape index (κ1) is 62.8. The second kappa shape index (κ2) is 29.0. The standard InChI is InChI=1S/C35H42N2O12.C25H30N2O8/c1-8-10-43-33-27-22(12-19(3)30(33)42-7)13-23(15-45-21(5)38)37(35(40)44-11-9-2)29(27)25-16-46-34(39)28(36-25)24-14-26(47-17-41-6)20(4)31-32(24)49-18-48-31;1-6-8-32-24-21-17(10-15(3)23(24)31-5)11-18(13-34-16(4)28)27(25(30)33-9-7-2)22(21)19-14-35-20(29)12-26-19/h8-9,12,14,23,25,28-29,36H,1-2,10-11,13,15-18H2,3-7H3;6-7,10,12,18-19,22H,1-2,8-9,11,13-14H2,3-5H3/t23-,25-,28+,29-;18-,19-,22-/m00/s1. The van der Waals surface area contributed by atoms with Crippen molar-refractivity contribution in [1.82, 2.24) is 15.1 Å². The number of hydrogen-bond acceptors (Lipinski definition) is 22. The number of ether oxygens (including phenoxy) is 14. The third kappa shape index (κ3) is 13.8. The molecule has 5 aliphatic heterocycles. The zero-order valence-corrected chi connectivity index (χ0v) is 48.5. The molecule has 0 saturated carbocycles. The quantitative estimate of drug-likeness (QED) is 0.0474. The Hall–Kier alpha value is -8.77. The summed E-state index contributed by atoms with van der Waals surface area (Å²) in [5.41, 5.74) is 5.68. The van der Waals surface area contributed by atoms with Gasteiger partial charge < -0.3 is 66.3 Å². The van der Waals surface area contributed by atoms with Gasteiger partial charge in [0.1, 0.15) is 76.9 Å². The van der Waals surface area contributed by atoms with Gasteiger partial charge in [0.15, 0.2) is 41.3 Å². The summed E-state index contributed by atoms with van der Waals surface area (Å²) < 4.78 is 79.2. The van der Waals surface area contributed by atoms with Crippen molar-refractivity contribution in [3.8, 4) is 40.2 Å². The molecule has 3 aromatic rings. The number of esters is 4. The summed E-state index contributed by atoms with van der Waals surface area (Å²) in [6.07, 6.45) is 6.51. The Morgan fingerprint density at radius 1 is 0.655 bits per heavy atom. The van der Waals surface area contributed by atoms with E-state index in [9.17, 15) is 28.8 Å². The van der Waals surface area contributed by atoms with Gasteiger partial charge >= 0.3 is 36.1 Å². The Morgan fingerprint density at radius 3 is 1.67 bits per heavy atom. The smallest absolute Gasteiger partial charge is 0.411 e. The highest BCUT2D eigenvalue weighted by Gasteiger charge is 2.50. The number of methoxy groups -OCH3 is 3. The fourth-order valence-corrected chi connectivity index (χ4v) is 10.9. The summed E-state index contributed by atoms with van der Waals surface area (Å²) in [6, 6.07) is 0.220. The van der Waals surface area contributed by atoms with E-state index in [1.54, 1.807) is 18.2 Å². The molecular weight excluding hydrogens is 1100 g/mol. The highest BCUT2D eigenvalue weighted by atomic mass is 16.7. The van der Waals surface area contributed by atoms with Gasteiger partial charge in [0.25, 0.3) is 0 Å². The number of fused-ring (bicyclic) bond motifs is 3. The summed E-state index contributed by atoms with van der Waals surface area (Å²) in [5, 5.41) is 3.43. The van der Waals surface area contributed by atoms with E-state index in [4.69, 9.17) is 66.3 Å². The average Bonchev–Trinajstić information content (AvgIpc) is 1.84. The second-order valence-electron chi connectivity index (χ2n) is 19.7. The lowest BCUT2D eigenvalue weighted by atomic mass is 9.82. The summed E-state index contributed by atoms with van der Waals surface area (Å²) in [4.78, 5) is 83.6. The number of amides is 2. The normalized spacial score (nSPS) is 20.8. The van der Waals surface area contributed by atoms with Crippen LogP contribution in [0.3, 0.4) is 0 Å². The molecule has 8 rings (SSSR count). The second-order valence-corrected chi connectivity index (χ2v) is 19.7. The van der Waals surface area contributed by atoms with E-state index in [1.807, 2.05) is 32.9 Å². The maximum Gasteiger partial charge on any atom is 0.411 e. The van der Waals surface area contributed by atoms with Crippen LogP contribution in [0.25, 0.3) is 0 Å². The van der Waals surface area contributed by atoms with Gasteiger partial charge in [0.2, 0.25) is 6.79 Å². The van der Waals surface area contributed by atoms with Crippen molar-refractivity contribution < 1.29 is 95.1 Å². The van der Waals surface area contributed by atoms with Gasteiger partial charge in [0, 0.05) is 43.2 Å². The van der Waals surface area contributed by atoms with E-state index >= 15 is 0 Å². The van der Waals surface area contributed by atoms with Crippen LogP contribution >= 0.6 is 0 Å². The molecule has 1 fully saturated rings. The molecule has 2 amide bonds. The van der Waals surface area contributed by atoms with Gasteiger partial charge in [-0.05, 0) is 61.9 Å². The summed E-state index contributed by atoms with van der Waals surface area (Å²) in [7, 11) is 4.57. The van der Waals surface area contributed by atoms with Crippen LogP contribution in [0.4, 0.5) is 9.59 Å². The minimum Gasteiger partial charge on any atom is -0.493 e. The van der Waals surface area contributed by atoms with Crippen molar-refractivity contribution in [3.05, 3.63) is 113 Å². The third-order valence-corrected chi connectivity index (χ3v) is 14.2. The SMILES string of the molecule is C=CCOC(=O)N1[C@H](COC(C)=O)Cc2cc(C)c(OC)c(OCC=C)c2[C@@H]1[C@@H]1COC(=O)C=N1.C=CCOC(=O)N1[C@H](COC(C)=O)Cc2cc(C)c(OC)c(OCC=C)c2[C@@H]1[C@@H]1COC(=O)[C@@H](c2cc(OCOC)c(C)c3c2OCO3)N1. The average molecular weight is 1170 g/mol. The van der Waals surface area contributed by atoms with Crippen LogP contribution in [-0.2, 0) is 65.2 Å². The number of rotatable bonds is 22. The number of aliphatic imine (C=N–C) groups is 1. The number of aryl methyl sites for hydroxylation is 2. The van der Waals surface area contributed by atoms with Crippen LogP contribution in [0.5, 0.6) is 40.2 Å². The molecular formula is C60H72N4O20. The highest BCUT2D eigenvalue weighted by Crippen LogP contribution is 2.52. The number of hydrogen-bond donors (Lipinski definition) is 1. The van der Waals surface area contributed by atoms with Crippen LogP contribution in [0.15, 0.2) is 73.8 Å². The Labute approximate surface area is 487 Å². The van der Waals surface area contributed by atoms with Gasteiger partial charge in [-0.3, -0.25) is 29.7 Å². The lowest BCUT2D eigenvalue weighted by molar-refractivity contribution is -0.154. The molecule has 5 aliphatic rings. The molecule has 0 aromatic heterocycles. The topological polar surface area (TPSA) is 263 Å². The van der Waals surface area contributed by atoms with Crippen molar-refractivity contribution in [2.75, 3.05) is 87.8 Å². The van der Waals surface area contributed by atoms with E-state index in [2.05, 4.69) is 36.6 Å². The van der Waals surface area contributed by atoms with E-state index in [0.717, 1.165) is 28.5 Å². The summed E-state index contributed by atoms with van der Waals surface area (Å²) in [5.74, 6) is 0.903. The molecule has 452 valence electrons. The van der Waals surface area contributed by atoms with Crippen molar-refractivity contribution in [1.29, 1.82) is 0 Å². The number of carbonyl (C=O) groups excluding carboxylic acids is 6. The maximum atomic E-state index is 14.0. The van der Waals surface area contributed by atoms with Gasteiger partial charge in [-0.25, -0.2) is 19.2 Å².